The van der Waals surface area contributed by atoms with Crippen molar-refractivity contribution in [2.75, 3.05) is 20.1 Å². The summed E-state index contributed by atoms with van der Waals surface area (Å²) in [6.45, 7) is 0.331. The van der Waals surface area contributed by atoms with E-state index < -0.39 is 23.7 Å². The van der Waals surface area contributed by atoms with E-state index in [-0.39, 0.29) is 18.2 Å². The average molecular weight is 311 g/mol. The van der Waals surface area contributed by atoms with Crippen LogP contribution in [0.2, 0.25) is 0 Å². The van der Waals surface area contributed by atoms with Gasteiger partial charge in [-0.3, -0.25) is 9.59 Å². The zero-order valence-corrected chi connectivity index (χ0v) is 12.0. The molecule has 8 nitrogen and oxygen atoms in total. The van der Waals surface area contributed by atoms with Crippen molar-refractivity contribution in [3.8, 4) is 0 Å². The number of hydrazine groups is 2. The van der Waals surface area contributed by atoms with Gasteiger partial charge < -0.3 is 16.2 Å². The van der Waals surface area contributed by atoms with Gasteiger partial charge in [-0.1, -0.05) is 0 Å². The Morgan fingerprint density at radius 2 is 2.27 bits per heavy atom. The number of hydrogen-bond acceptors (Lipinski definition) is 6. The van der Waals surface area contributed by atoms with Crippen LogP contribution in [0.4, 0.5) is 4.39 Å². The van der Waals surface area contributed by atoms with E-state index in [1.54, 1.807) is 18.1 Å². The SMILES string of the molecule is CN1NNCC1c1cc(F)cc(C(=O)NC[C@@H](N)C(=O)O)c1. The molecule has 0 saturated carbocycles. The standard InChI is InChI=1S/C13H18FN5O3/c1-19-11(6-17-18-19)7-2-8(4-9(14)3-7)12(20)16-5-10(15)13(21)22/h2-4,10-11,17-18H,5-6,15H2,1H3,(H,16,20)(H,21,22)/t10-,11?/m1/s1. The topological polar surface area (TPSA) is 120 Å². The van der Waals surface area contributed by atoms with E-state index in [0.29, 0.717) is 12.1 Å². The van der Waals surface area contributed by atoms with Crippen LogP contribution in [-0.4, -0.2) is 48.2 Å². The van der Waals surface area contributed by atoms with Crippen LogP contribution in [0.1, 0.15) is 22.0 Å². The van der Waals surface area contributed by atoms with Crippen molar-refractivity contribution in [2.24, 2.45) is 5.73 Å². The minimum atomic E-state index is -1.22. The molecule has 1 aromatic rings. The van der Waals surface area contributed by atoms with E-state index in [1.807, 2.05) is 0 Å². The smallest absolute Gasteiger partial charge is 0.322 e. The number of carboxylic acid groups (broad SMARTS) is 1. The van der Waals surface area contributed by atoms with Crippen LogP contribution < -0.4 is 22.0 Å². The zero-order chi connectivity index (χ0) is 16.3. The molecule has 2 atom stereocenters. The summed E-state index contributed by atoms with van der Waals surface area (Å²) in [7, 11) is 1.79. The van der Waals surface area contributed by atoms with Gasteiger partial charge in [-0.05, 0) is 23.8 Å². The first-order valence-corrected chi connectivity index (χ1v) is 6.67. The number of likely N-dealkylation sites (N-methyl/N-ethyl adjacent to an activating group) is 1. The zero-order valence-electron chi connectivity index (χ0n) is 12.0. The fourth-order valence-electron chi connectivity index (χ4n) is 2.15. The number of benzene rings is 1. The fourth-order valence-corrected chi connectivity index (χ4v) is 2.15. The van der Waals surface area contributed by atoms with Crippen LogP contribution in [0, 0.1) is 5.82 Å². The first-order chi connectivity index (χ1) is 10.4. The molecule has 0 aliphatic carbocycles. The van der Waals surface area contributed by atoms with Gasteiger partial charge in [0.05, 0.1) is 6.04 Å². The number of carbonyl (C=O) groups is 2. The monoisotopic (exact) mass is 311 g/mol. The highest BCUT2D eigenvalue weighted by atomic mass is 19.1. The minimum absolute atomic E-state index is 0.118. The van der Waals surface area contributed by atoms with Crippen LogP contribution in [0.25, 0.3) is 0 Å². The van der Waals surface area contributed by atoms with Gasteiger partial charge in [0.15, 0.2) is 0 Å². The number of carbonyl (C=O) groups excluding carboxylic acids is 1. The maximum atomic E-state index is 13.7. The fraction of sp³-hybridized carbons (Fsp3) is 0.385. The molecule has 22 heavy (non-hydrogen) atoms. The molecule has 120 valence electrons. The first-order valence-electron chi connectivity index (χ1n) is 6.67. The summed E-state index contributed by atoms with van der Waals surface area (Å²) < 4.78 is 13.7. The molecule has 0 spiro atoms. The van der Waals surface area contributed by atoms with Crippen LogP contribution in [0.15, 0.2) is 18.2 Å². The van der Waals surface area contributed by atoms with Gasteiger partial charge in [0.1, 0.15) is 11.9 Å². The van der Waals surface area contributed by atoms with Gasteiger partial charge in [0.25, 0.3) is 5.91 Å². The summed E-state index contributed by atoms with van der Waals surface area (Å²) in [5, 5.41) is 12.8. The molecule has 9 heteroatoms. The van der Waals surface area contributed by atoms with Crippen LogP contribution in [-0.2, 0) is 4.79 Å². The Balaban J connectivity index is 2.12. The summed E-state index contributed by atoms with van der Waals surface area (Å²) in [4.78, 5) is 22.6. The Morgan fingerprint density at radius 3 is 2.86 bits per heavy atom. The lowest BCUT2D eigenvalue weighted by atomic mass is 10.0. The molecule has 6 N–H and O–H groups in total. The maximum absolute atomic E-state index is 13.7. The third-order valence-electron chi connectivity index (χ3n) is 3.39. The summed E-state index contributed by atoms with van der Waals surface area (Å²) in [6.07, 6.45) is 0. The van der Waals surface area contributed by atoms with Crippen molar-refractivity contribution >= 4 is 11.9 Å². The second kappa shape index (κ2) is 6.79. The Labute approximate surface area is 126 Å². The van der Waals surface area contributed by atoms with Crippen molar-refractivity contribution in [2.45, 2.75) is 12.1 Å². The highest BCUT2D eigenvalue weighted by Crippen LogP contribution is 2.22. The number of amides is 1. The molecule has 0 radical (unpaired) electrons. The third-order valence-corrected chi connectivity index (χ3v) is 3.39. The van der Waals surface area contributed by atoms with E-state index in [4.69, 9.17) is 10.8 Å². The van der Waals surface area contributed by atoms with E-state index in [9.17, 15) is 14.0 Å². The predicted octanol–water partition coefficient (Wildman–Crippen LogP) is -1.04. The van der Waals surface area contributed by atoms with E-state index >= 15 is 0 Å². The van der Waals surface area contributed by atoms with Gasteiger partial charge in [-0.25, -0.2) is 14.8 Å². The van der Waals surface area contributed by atoms with Crippen molar-refractivity contribution in [1.82, 2.24) is 21.3 Å². The average Bonchev–Trinajstić information content (AvgIpc) is 2.89. The molecule has 1 amide bonds. The number of nitrogens with two attached hydrogens (primary N) is 1. The number of hydrogen-bond donors (Lipinski definition) is 5. The van der Waals surface area contributed by atoms with E-state index in [1.165, 1.54) is 6.07 Å². The molecule has 1 aliphatic rings. The predicted molar refractivity (Wildman–Crippen MR) is 76.0 cm³/mol. The molecule has 1 unspecified atom stereocenters. The van der Waals surface area contributed by atoms with Crippen molar-refractivity contribution < 1.29 is 19.1 Å². The van der Waals surface area contributed by atoms with Crippen LogP contribution in [0.5, 0.6) is 0 Å². The van der Waals surface area contributed by atoms with Crippen molar-refractivity contribution in [3.63, 3.8) is 0 Å². The second-order valence-corrected chi connectivity index (χ2v) is 5.05. The molecular formula is C13H18FN5O3. The number of aliphatic carboxylic acids is 1. The lowest BCUT2D eigenvalue weighted by molar-refractivity contribution is -0.138. The highest BCUT2D eigenvalue weighted by molar-refractivity contribution is 5.94. The Morgan fingerprint density at radius 1 is 1.55 bits per heavy atom. The molecule has 1 fully saturated rings. The number of carboxylic acids is 1. The molecular weight excluding hydrogens is 293 g/mol. The molecule has 1 aliphatic heterocycles. The molecule has 2 rings (SSSR count). The lowest BCUT2D eigenvalue weighted by Gasteiger charge is -2.18. The number of nitrogens with zero attached hydrogens (tertiary/aromatic N) is 1. The molecule has 1 heterocycles. The van der Waals surface area contributed by atoms with Gasteiger partial charge >= 0.3 is 5.97 Å². The summed E-state index contributed by atoms with van der Waals surface area (Å²) >= 11 is 0. The van der Waals surface area contributed by atoms with Gasteiger partial charge in [0.2, 0.25) is 0 Å². The maximum Gasteiger partial charge on any atom is 0.322 e. The Kier molecular flexibility index (Phi) is 5.03. The molecule has 0 bridgehead atoms. The number of nitrogens with one attached hydrogen (secondary N) is 3. The largest absolute Gasteiger partial charge is 0.480 e. The highest BCUT2D eigenvalue weighted by Gasteiger charge is 2.24. The first kappa shape index (κ1) is 16.3. The molecule has 1 aromatic carbocycles. The second-order valence-electron chi connectivity index (χ2n) is 5.05. The van der Waals surface area contributed by atoms with Crippen molar-refractivity contribution in [1.29, 1.82) is 0 Å². The summed E-state index contributed by atoms with van der Waals surface area (Å²) in [6, 6.07) is 2.70. The van der Waals surface area contributed by atoms with Crippen molar-refractivity contribution in [3.05, 3.63) is 35.1 Å². The Hall–Kier alpha value is -2.07. The van der Waals surface area contributed by atoms with E-state index in [0.717, 1.165) is 6.07 Å². The Bertz CT molecular complexity index is 583. The lowest BCUT2D eigenvalue weighted by Crippen LogP contribution is -2.42. The van der Waals surface area contributed by atoms with Crippen LogP contribution >= 0.6 is 0 Å². The molecule has 0 aromatic heterocycles. The minimum Gasteiger partial charge on any atom is -0.480 e. The van der Waals surface area contributed by atoms with Crippen LogP contribution in [0.3, 0.4) is 0 Å². The quantitative estimate of drug-likeness (QED) is 0.471. The van der Waals surface area contributed by atoms with Gasteiger partial charge in [-0.2, -0.15) is 5.53 Å². The van der Waals surface area contributed by atoms with E-state index in [2.05, 4.69) is 16.3 Å². The molecule has 1 saturated heterocycles. The summed E-state index contributed by atoms with van der Waals surface area (Å²) in [5.74, 6) is -2.32. The van der Waals surface area contributed by atoms with Gasteiger partial charge in [-0.15, -0.1) is 0 Å². The normalized spacial score (nSPS) is 19.9. The summed E-state index contributed by atoms with van der Waals surface area (Å²) in [5.41, 5.74) is 11.8. The van der Waals surface area contributed by atoms with Gasteiger partial charge in [0, 0.05) is 25.7 Å². The number of rotatable bonds is 5. The number of halogens is 1. The third kappa shape index (κ3) is 3.77.